The predicted octanol–water partition coefficient (Wildman–Crippen LogP) is 6.70. The molecule has 0 saturated carbocycles. The number of rotatable bonds is 10. The maximum atomic E-state index is 14.1. The fourth-order valence-corrected chi connectivity index (χ4v) is 5.50. The Bertz CT molecular complexity index is 1170. The van der Waals surface area contributed by atoms with Crippen LogP contribution in [0.5, 0.6) is 0 Å². The van der Waals surface area contributed by atoms with Crippen LogP contribution in [0.25, 0.3) is 0 Å². The maximum absolute atomic E-state index is 14.1. The van der Waals surface area contributed by atoms with Crippen LogP contribution < -0.4 is 0 Å². The van der Waals surface area contributed by atoms with Crippen molar-refractivity contribution >= 4 is 11.9 Å². The van der Waals surface area contributed by atoms with E-state index >= 15 is 0 Å². The first-order valence-electron chi connectivity index (χ1n) is 13.7. The molecule has 4 rings (SSSR count). The first-order chi connectivity index (χ1) is 18.6. The molecule has 0 bridgehead atoms. The molecule has 1 aliphatic heterocycles. The van der Waals surface area contributed by atoms with Gasteiger partial charge in [-0.3, -0.25) is 14.6 Å². The molecule has 1 saturated heterocycles. The van der Waals surface area contributed by atoms with Crippen molar-refractivity contribution in [3.05, 3.63) is 108 Å². The SMILES string of the molecule is CC[C@@H]([C@H](OC(=O)N1C(C)(C)COC1(C)C)C(=O)c1ccccc1)N(Cc1ccccc1)Cc1ccccc1. The molecule has 6 heteroatoms. The van der Waals surface area contributed by atoms with E-state index in [2.05, 4.69) is 29.2 Å². The number of ketones is 1. The highest BCUT2D eigenvalue weighted by Crippen LogP contribution is 2.36. The highest BCUT2D eigenvalue weighted by Gasteiger charge is 2.51. The Morgan fingerprint density at radius 3 is 1.77 bits per heavy atom. The molecular formula is C33H40N2O4. The highest BCUT2D eigenvalue weighted by molar-refractivity contribution is 6.00. The first-order valence-corrected chi connectivity index (χ1v) is 13.7. The van der Waals surface area contributed by atoms with Crippen molar-refractivity contribution in [3.8, 4) is 0 Å². The van der Waals surface area contributed by atoms with Gasteiger partial charge in [0.05, 0.1) is 18.2 Å². The fraction of sp³-hybridized carbons (Fsp3) is 0.394. The van der Waals surface area contributed by atoms with Crippen molar-refractivity contribution in [2.75, 3.05) is 6.61 Å². The van der Waals surface area contributed by atoms with Crippen LogP contribution in [0.2, 0.25) is 0 Å². The summed E-state index contributed by atoms with van der Waals surface area (Å²) in [7, 11) is 0. The largest absolute Gasteiger partial charge is 0.436 e. The average Bonchev–Trinajstić information content (AvgIpc) is 3.16. The Labute approximate surface area is 232 Å². The van der Waals surface area contributed by atoms with Crippen molar-refractivity contribution < 1.29 is 19.1 Å². The zero-order valence-electron chi connectivity index (χ0n) is 23.7. The van der Waals surface area contributed by atoms with Gasteiger partial charge in [-0.25, -0.2) is 4.79 Å². The molecule has 1 aliphatic rings. The van der Waals surface area contributed by atoms with Crippen molar-refractivity contribution in [2.45, 2.75) is 77.5 Å². The molecule has 0 radical (unpaired) electrons. The third-order valence-electron chi connectivity index (χ3n) is 7.34. The van der Waals surface area contributed by atoms with E-state index < -0.39 is 23.5 Å². The van der Waals surface area contributed by atoms with Gasteiger partial charge in [0.25, 0.3) is 0 Å². The molecule has 206 valence electrons. The summed E-state index contributed by atoms with van der Waals surface area (Å²) in [4.78, 5) is 31.8. The van der Waals surface area contributed by atoms with E-state index in [1.807, 2.05) is 89.2 Å². The molecule has 0 spiro atoms. The third-order valence-corrected chi connectivity index (χ3v) is 7.34. The number of carbonyl (C=O) groups is 2. The molecule has 39 heavy (non-hydrogen) atoms. The quantitative estimate of drug-likeness (QED) is 0.274. The summed E-state index contributed by atoms with van der Waals surface area (Å²) in [6.07, 6.45) is -0.946. The predicted molar refractivity (Wildman–Crippen MR) is 153 cm³/mol. The molecule has 6 nitrogen and oxygen atoms in total. The average molecular weight is 529 g/mol. The molecule has 0 unspecified atom stereocenters. The molecule has 3 aromatic rings. The number of nitrogens with zero attached hydrogens (tertiary/aromatic N) is 2. The molecular weight excluding hydrogens is 488 g/mol. The summed E-state index contributed by atoms with van der Waals surface area (Å²) in [5, 5.41) is 0. The van der Waals surface area contributed by atoms with Gasteiger partial charge in [-0.05, 0) is 45.2 Å². The molecule has 0 aliphatic carbocycles. The topological polar surface area (TPSA) is 59.1 Å². The lowest BCUT2D eigenvalue weighted by atomic mass is 9.96. The Morgan fingerprint density at radius 1 is 0.846 bits per heavy atom. The summed E-state index contributed by atoms with van der Waals surface area (Å²) in [5.74, 6) is -0.211. The van der Waals surface area contributed by atoms with Crippen LogP contribution in [0.3, 0.4) is 0 Å². The normalized spacial score (nSPS) is 17.5. The molecule has 3 aromatic carbocycles. The monoisotopic (exact) mass is 528 g/mol. The van der Waals surface area contributed by atoms with Gasteiger partial charge in [-0.2, -0.15) is 0 Å². The van der Waals surface area contributed by atoms with Crippen molar-refractivity contribution in [1.82, 2.24) is 9.80 Å². The summed E-state index contributed by atoms with van der Waals surface area (Å²) in [6, 6.07) is 29.1. The van der Waals surface area contributed by atoms with E-state index in [9.17, 15) is 9.59 Å². The number of hydrogen-bond donors (Lipinski definition) is 0. The van der Waals surface area contributed by atoms with Gasteiger partial charge in [0.2, 0.25) is 5.78 Å². The van der Waals surface area contributed by atoms with Crippen molar-refractivity contribution in [3.63, 3.8) is 0 Å². The molecule has 0 N–H and O–H groups in total. The minimum Gasteiger partial charge on any atom is -0.436 e. The van der Waals surface area contributed by atoms with Crippen LogP contribution in [-0.2, 0) is 22.6 Å². The highest BCUT2D eigenvalue weighted by atomic mass is 16.6. The van der Waals surface area contributed by atoms with Gasteiger partial charge in [0, 0.05) is 18.7 Å². The summed E-state index contributed by atoms with van der Waals surface area (Å²) < 4.78 is 12.2. The van der Waals surface area contributed by atoms with Gasteiger partial charge in [-0.15, -0.1) is 0 Å². The summed E-state index contributed by atoms with van der Waals surface area (Å²) >= 11 is 0. The van der Waals surface area contributed by atoms with Gasteiger partial charge in [-0.1, -0.05) is 97.9 Å². The second-order valence-electron chi connectivity index (χ2n) is 11.3. The van der Waals surface area contributed by atoms with Gasteiger partial charge in [0.15, 0.2) is 6.10 Å². The van der Waals surface area contributed by atoms with E-state index in [1.54, 1.807) is 17.0 Å². The van der Waals surface area contributed by atoms with Crippen LogP contribution in [-0.4, -0.2) is 51.7 Å². The molecule has 0 aromatic heterocycles. The standard InChI is InChI=1S/C33H40N2O4/c1-6-28(34(22-25-16-10-7-11-17-25)23-26-18-12-8-13-19-26)30(29(36)27-20-14-9-15-21-27)39-31(37)35-32(2,3)24-38-33(35,4)5/h7-21,28,30H,6,22-24H2,1-5H3/t28-,30-/m0/s1. The number of ether oxygens (including phenoxy) is 2. The number of Topliss-reactive ketones (excluding diaryl/α,β-unsaturated/α-hetero) is 1. The Kier molecular flexibility index (Phi) is 8.88. The lowest BCUT2D eigenvalue weighted by Crippen LogP contribution is -2.56. The van der Waals surface area contributed by atoms with Gasteiger partial charge in [0.1, 0.15) is 5.72 Å². The van der Waals surface area contributed by atoms with Crippen LogP contribution in [0.1, 0.15) is 62.5 Å². The van der Waals surface area contributed by atoms with E-state index in [4.69, 9.17) is 9.47 Å². The number of carbonyl (C=O) groups excluding carboxylic acids is 2. The zero-order valence-corrected chi connectivity index (χ0v) is 23.7. The minimum absolute atomic E-state index is 0.211. The molecule has 1 heterocycles. The van der Waals surface area contributed by atoms with E-state index in [0.29, 0.717) is 31.7 Å². The fourth-order valence-electron chi connectivity index (χ4n) is 5.50. The molecule has 1 amide bonds. The van der Waals surface area contributed by atoms with Gasteiger partial charge < -0.3 is 9.47 Å². The van der Waals surface area contributed by atoms with E-state index in [1.165, 1.54) is 0 Å². The van der Waals surface area contributed by atoms with E-state index in [-0.39, 0.29) is 11.8 Å². The van der Waals surface area contributed by atoms with Crippen molar-refractivity contribution in [2.24, 2.45) is 0 Å². The minimum atomic E-state index is -1.01. The van der Waals surface area contributed by atoms with Crippen molar-refractivity contribution in [1.29, 1.82) is 0 Å². The Balaban J connectivity index is 1.73. The first kappa shape index (κ1) is 28.5. The van der Waals surface area contributed by atoms with Gasteiger partial charge >= 0.3 is 6.09 Å². The Hall–Kier alpha value is -3.48. The van der Waals surface area contributed by atoms with Crippen LogP contribution >= 0.6 is 0 Å². The Morgan fingerprint density at radius 2 is 1.33 bits per heavy atom. The second-order valence-corrected chi connectivity index (χ2v) is 11.3. The maximum Gasteiger partial charge on any atom is 0.413 e. The summed E-state index contributed by atoms with van der Waals surface area (Å²) in [5.41, 5.74) is 1.34. The zero-order chi connectivity index (χ0) is 28.0. The third kappa shape index (κ3) is 6.75. The number of benzene rings is 3. The van der Waals surface area contributed by atoms with Crippen LogP contribution in [0.4, 0.5) is 4.79 Å². The molecule has 2 atom stereocenters. The smallest absolute Gasteiger partial charge is 0.413 e. The van der Waals surface area contributed by atoms with Crippen LogP contribution in [0.15, 0.2) is 91.0 Å². The lowest BCUT2D eigenvalue weighted by Gasteiger charge is -2.40. The van der Waals surface area contributed by atoms with E-state index in [0.717, 1.165) is 11.1 Å². The number of hydrogen-bond acceptors (Lipinski definition) is 5. The van der Waals surface area contributed by atoms with Crippen LogP contribution in [0, 0.1) is 0 Å². The molecule has 1 fully saturated rings. The number of amides is 1. The second kappa shape index (κ2) is 12.1. The summed E-state index contributed by atoms with van der Waals surface area (Å²) in [6.45, 7) is 11.2. The lowest BCUT2D eigenvalue weighted by molar-refractivity contribution is -0.0636.